The van der Waals surface area contributed by atoms with Crippen molar-refractivity contribution in [3.8, 4) is 0 Å². The third-order valence-corrected chi connectivity index (χ3v) is 3.08. The second-order valence-corrected chi connectivity index (χ2v) is 5.01. The van der Waals surface area contributed by atoms with Crippen LogP contribution in [0.2, 0.25) is 0 Å². The zero-order valence-corrected chi connectivity index (χ0v) is 11.7. The second-order valence-electron chi connectivity index (χ2n) is 5.01. The minimum absolute atomic E-state index is 0.174. The summed E-state index contributed by atoms with van der Waals surface area (Å²) in [5.74, 6) is -0.481. The number of fused-ring (bicyclic) bond motifs is 1. The summed E-state index contributed by atoms with van der Waals surface area (Å²) in [6, 6.07) is 10.3. The number of benzene rings is 2. The fourth-order valence-electron chi connectivity index (χ4n) is 2.09. The highest BCUT2D eigenvalue weighted by Crippen LogP contribution is 2.21. The van der Waals surface area contributed by atoms with E-state index in [1.54, 1.807) is 24.3 Å². The number of hydrogen-bond donors (Lipinski definition) is 2. The number of nitrogens with one attached hydrogen (secondary N) is 2. The maximum absolute atomic E-state index is 13.7. The van der Waals surface area contributed by atoms with Crippen LogP contribution >= 0.6 is 0 Å². The molecule has 2 N–H and O–H groups in total. The second kappa shape index (κ2) is 6.48. The standard InChI is InChI=1S/C16H19FN2O/c1-11(2)18-9-10-19-16(20)14-7-8-15(17)13-6-4-3-5-12(13)14/h3-8,11,18H,9-10H2,1-2H3,(H,19,20). The van der Waals surface area contributed by atoms with Crippen molar-refractivity contribution >= 4 is 16.7 Å². The van der Waals surface area contributed by atoms with Crippen molar-refractivity contribution in [2.24, 2.45) is 0 Å². The van der Waals surface area contributed by atoms with Gasteiger partial charge in [-0.15, -0.1) is 0 Å². The summed E-state index contributed by atoms with van der Waals surface area (Å²) < 4.78 is 13.7. The molecule has 0 atom stereocenters. The van der Waals surface area contributed by atoms with Crippen LogP contribution in [0.4, 0.5) is 4.39 Å². The predicted octanol–water partition coefficient (Wildman–Crippen LogP) is 2.71. The fourth-order valence-corrected chi connectivity index (χ4v) is 2.09. The Morgan fingerprint density at radius 2 is 1.80 bits per heavy atom. The van der Waals surface area contributed by atoms with E-state index in [-0.39, 0.29) is 11.7 Å². The van der Waals surface area contributed by atoms with Crippen LogP contribution in [0.25, 0.3) is 10.8 Å². The van der Waals surface area contributed by atoms with Gasteiger partial charge in [0.25, 0.3) is 5.91 Å². The summed E-state index contributed by atoms with van der Waals surface area (Å²) in [5.41, 5.74) is 0.506. The largest absolute Gasteiger partial charge is 0.351 e. The Labute approximate surface area is 118 Å². The van der Waals surface area contributed by atoms with Crippen molar-refractivity contribution in [2.45, 2.75) is 19.9 Å². The Bertz CT molecular complexity index is 610. The molecule has 106 valence electrons. The van der Waals surface area contributed by atoms with Gasteiger partial charge < -0.3 is 10.6 Å². The van der Waals surface area contributed by atoms with Crippen LogP contribution in [0.3, 0.4) is 0 Å². The molecule has 4 heteroatoms. The Hall–Kier alpha value is -1.94. The van der Waals surface area contributed by atoms with Crippen molar-refractivity contribution in [1.29, 1.82) is 0 Å². The van der Waals surface area contributed by atoms with Crippen LogP contribution in [-0.4, -0.2) is 25.0 Å². The molecule has 0 saturated carbocycles. The molecule has 3 nitrogen and oxygen atoms in total. The lowest BCUT2D eigenvalue weighted by atomic mass is 10.0. The maximum Gasteiger partial charge on any atom is 0.251 e. The van der Waals surface area contributed by atoms with Gasteiger partial charge in [-0.2, -0.15) is 0 Å². The van der Waals surface area contributed by atoms with E-state index in [2.05, 4.69) is 24.5 Å². The van der Waals surface area contributed by atoms with Crippen LogP contribution in [0.5, 0.6) is 0 Å². The van der Waals surface area contributed by atoms with Crippen LogP contribution in [0, 0.1) is 5.82 Å². The van der Waals surface area contributed by atoms with E-state index < -0.39 is 0 Å². The maximum atomic E-state index is 13.7. The van der Waals surface area contributed by atoms with Gasteiger partial charge in [0, 0.05) is 30.1 Å². The molecule has 0 saturated heterocycles. The van der Waals surface area contributed by atoms with Gasteiger partial charge in [-0.3, -0.25) is 4.79 Å². The fraction of sp³-hybridized carbons (Fsp3) is 0.312. The summed E-state index contributed by atoms with van der Waals surface area (Å²) in [7, 11) is 0. The Balaban J connectivity index is 2.12. The molecule has 0 aliphatic heterocycles. The lowest BCUT2D eigenvalue weighted by molar-refractivity contribution is 0.0955. The van der Waals surface area contributed by atoms with Crippen LogP contribution in [0.15, 0.2) is 36.4 Å². The zero-order valence-electron chi connectivity index (χ0n) is 11.7. The van der Waals surface area contributed by atoms with Gasteiger partial charge >= 0.3 is 0 Å². The van der Waals surface area contributed by atoms with Gasteiger partial charge in [0.2, 0.25) is 0 Å². The molecule has 0 radical (unpaired) electrons. The molecule has 0 unspecified atom stereocenters. The molecule has 20 heavy (non-hydrogen) atoms. The average Bonchev–Trinajstić information content (AvgIpc) is 2.44. The van der Waals surface area contributed by atoms with E-state index in [9.17, 15) is 9.18 Å². The molecule has 0 aliphatic carbocycles. The quantitative estimate of drug-likeness (QED) is 0.823. The van der Waals surface area contributed by atoms with Gasteiger partial charge in [0.05, 0.1) is 0 Å². The number of carbonyl (C=O) groups is 1. The van der Waals surface area contributed by atoms with Crippen molar-refractivity contribution < 1.29 is 9.18 Å². The first kappa shape index (κ1) is 14.5. The normalized spacial score (nSPS) is 11.0. The molecule has 0 aliphatic rings. The van der Waals surface area contributed by atoms with Crippen LogP contribution < -0.4 is 10.6 Å². The molecular weight excluding hydrogens is 255 g/mol. The van der Waals surface area contributed by atoms with Gasteiger partial charge in [0.15, 0.2) is 0 Å². The lowest BCUT2D eigenvalue weighted by Crippen LogP contribution is -2.34. The number of rotatable bonds is 5. The first-order chi connectivity index (χ1) is 9.59. The summed E-state index contributed by atoms with van der Waals surface area (Å²) in [6.45, 7) is 5.36. The zero-order chi connectivity index (χ0) is 14.5. The van der Waals surface area contributed by atoms with Gasteiger partial charge in [0.1, 0.15) is 5.82 Å². The third-order valence-electron chi connectivity index (χ3n) is 3.08. The van der Waals surface area contributed by atoms with E-state index in [0.29, 0.717) is 35.5 Å². The Morgan fingerprint density at radius 3 is 2.50 bits per heavy atom. The van der Waals surface area contributed by atoms with Crippen LogP contribution in [-0.2, 0) is 0 Å². The highest BCUT2D eigenvalue weighted by Gasteiger charge is 2.11. The first-order valence-corrected chi connectivity index (χ1v) is 6.78. The van der Waals surface area contributed by atoms with E-state index in [1.807, 2.05) is 0 Å². The lowest BCUT2D eigenvalue weighted by Gasteiger charge is -2.10. The van der Waals surface area contributed by atoms with Crippen molar-refractivity contribution in [2.75, 3.05) is 13.1 Å². The smallest absolute Gasteiger partial charge is 0.251 e. The molecule has 0 aromatic heterocycles. The summed E-state index contributed by atoms with van der Waals surface area (Å²) in [6.07, 6.45) is 0. The highest BCUT2D eigenvalue weighted by molar-refractivity contribution is 6.07. The molecular formula is C16H19FN2O. The molecule has 0 bridgehead atoms. The van der Waals surface area contributed by atoms with E-state index >= 15 is 0 Å². The van der Waals surface area contributed by atoms with E-state index in [1.165, 1.54) is 12.1 Å². The van der Waals surface area contributed by atoms with Crippen LogP contribution in [0.1, 0.15) is 24.2 Å². The average molecular weight is 274 g/mol. The Morgan fingerprint density at radius 1 is 1.10 bits per heavy atom. The molecule has 0 fully saturated rings. The number of hydrogen-bond acceptors (Lipinski definition) is 2. The minimum Gasteiger partial charge on any atom is -0.351 e. The highest BCUT2D eigenvalue weighted by atomic mass is 19.1. The summed E-state index contributed by atoms with van der Waals surface area (Å²) >= 11 is 0. The van der Waals surface area contributed by atoms with E-state index in [4.69, 9.17) is 0 Å². The summed E-state index contributed by atoms with van der Waals surface area (Å²) in [5, 5.41) is 7.18. The molecule has 0 heterocycles. The number of amides is 1. The molecule has 2 aromatic carbocycles. The molecule has 0 spiro atoms. The van der Waals surface area contributed by atoms with Gasteiger partial charge in [-0.25, -0.2) is 4.39 Å². The molecule has 2 aromatic rings. The van der Waals surface area contributed by atoms with Crippen molar-refractivity contribution in [3.63, 3.8) is 0 Å². The van der Waals surface area contributed by atoms with Crippen molar-refractivity contribution in [1.82, 2.24) is 10.6 Å². The molecule has 2 rings (SSSR count). The van der Waals surface area contributed by atoms with Gasteiger partial charge in [-0.05, 0) is 17.5 Å². The van der Waals surface area contributed by atoms with Gasteiger partial charge in [-0.1, -0.05) is 38.1 Å². The monoisotopic (exact) mass is 274 g/mol. The number of halogens is 1. The predicted molar refractivity (Wildman–Crippen MR) is 79.4 cm³/mol. The van der Waals surface area contributed by atoms with Crippen molar-refractivity contribution in [3.05, 3.63) is 47.8 Å². The topological polar surface area (TPSA) is 41.1 Å². The minimum atomic E-state index is -0.307. The number of carbonyl (C=O) groups excluding carboxylic acids is 1. The summed E-state index contributed by atoms with van der Waals surface area (Å²) in [4.78, 5) is 12.2. The molecule has 1 amide bonds. The van der Waals surface area contributed by atoms with E-state index in [0.717, 1.165) is 0 Å². The first-order valence-electron chi connectivity index (χ1n) is 6.78. The Kier molecular flexibility index (Phi) is 4.69. The SMILES string of the molecule is CC(C)NCCNC(=O)c1ccc(F)c2ccccc12. The third kappa shape index (κ3) is 3.33.